The Labute approximate surface area is 150 Å². The number of non-ortho nitro benzene ring substituents is 1. The van der Waals surface area contributed by atoms with Crippen LogP contribution in [-0.4, -0.2) is 42.0 Å². The summed E-state index contributed by atoms with van der Waals surface area (Å²) in [7, 11) is 1.45. The van der Waals surface area contributed by atoms with E-state index in [1.807, 2.05) is 0 Å². The molecule has 2 aromatic heterocycles. The number of nitro groups is 1. The van der Waals surface area contributed by atoms with Crippen LogP contribution in [0, 0.1) is 10.1 Å². The lowest BCUT2D eigenvalue weighted by atomic mass is 10.2. The number of benzene rings is 1. The van der Waals surface area contributed by atoms with Gasteiger partial charge < -0.3 is 9.67 Å². The number of aromatic amines is 1. The van der Waals surface area contributed by atoms with Crippen LogP contribution in [-0.2, 0) is 13.6 Å². The molecule has 0 spiro atoms. The molecule has 0 bridgehead atoms. The smallest absolute Gasteiger partial charge is 0.329 e. The summed E-state index contributed by atoms with van der Waals surface area (Å²) in [6.07, 6.45) is 1.35. The predicted octanol–water partition coefficient (Wildman–Crippen LogP) is -0.230. The van der Waals surface area contributed by atoms with E-state index in [2.05, 4.69) is 20.5 Å². The first-order valence-electron chi connectivity index (χ1n) is 7.76. The van der Waals surface area contributed by atoms with Crippen molar-refractivity contribution in [2.45, 2.75) is 6.54 Å². The van der Waals surface area contributed by atoms with E-state index in [-0.39, 0.29) is 36.0 Å². The molecule has 27 heavy (non-hydrogen) atoms. The standard InChI is InChI=1S/C15H15N7O5/c1-20-12-11(13(24)18-15(20)25)21(5-6-23)14(17-12)19-16-8-9-3-2-4-10(7-9)22(26)27/h2-4,7-8,23H,5-6H2,1H3,(H,17,19)(H,18,24,25)/b16-8+. The molecule has 12 heteroatoms. The molecule has 0 fully saturated rings. The summed E-state index contributed by atoms with van der Waals surface area (Å²) in [4.78, 5) is 40.5. The molecule has 12 nitrogen and oxygen atoms in total. The number of aromatic nitrogens is 4. The number of nitro benzene ring substituents is 1. The van der Waals surface area contributed by atoms with Crippen molar-refractivity contribution >= 4 is 29.0 Å². The number of aliphatic hydroxyl groups excluding tert-OH is 1. The summed E-state index contributed by atoms with van der Waals surface area (Å²) in [6, 6.07) is 5.85. The van der Waals surface area contributed by atoms with Crippen molar-refractivity contribution in [3.63, 3.8) is 0 Å². The van der Waals surface area contributed by atoms with Gasteiger partial charge in [-0.05, 0) is 0 Å². The fraction of sp³-hybridized carbons (Fsp3) is 0.200. The van der Waals surface area contributed by atoms with Crippen molar-refractivity contribution in [2.75, 3.05) is 12.0 Å². The van der Waals surface area contributed by atoms with E-state index in [0.29, 0.717) is 5.56 Å². The fourth-order valence-electron chi connectivity index (χ4n) is 2.52. The van der Waals surface area contributed by atoms with Gasteiger partial charge in [0, 0.05) is 31.3 Å². The zero-order valence-corrected chi connectivity index (χ0v) is 14.1. The predicted molar refractivity (Wildman–Crippen MR) is 97.0 cm³/mol. The van der Waals surface area contributed by atoms with Crippen LogP contribution >= 0.6 is 0 Å². The number of rotatable bonds is 6. The van der Waals surface area contributed by atoms with Gasteiger partial charge in [0.1, 0.15) is 0 Å². The fourth-order valence-corrected chi connectivity index (χ4v) is 2.52. The van der Waals surface area contributed by atoms with Gasteiger partial charge in [-0.1, -0.05) is 12.1 Å². The molecule has 140 valence electrons. The van der Waals surface area contributed by atoms with Crippen molar-refractivity contribution < 1.29 is 10.0 Å². The Morgan fingerprint density at radius 2 is 2.22 bits per heavy atom. The number of hydrogen-bond donors (Lipinski definition) is 3. The first-order chi connectivity index (χ1) is 12.9. The molecule has 3 N–H and O–H groups in total. The molecular formula is C15H15N7O5. The SMILES string of the molecule is Cn1c(=O)[nH]c(=O)c2c1nc(N/N=C/c1cccc([N+](=O)[O-])c1)n2CCO. The number of nitrogens with one attached hydrogen (secondary N) is 2. The van der Waals surface area contributed by atoms with Crippen molar-refractivity contribution in [2.24, 2.45) is 12.1 Å². The molecule has 0 aliphatic carbocycles. The summed E-state index contributed by atoms with van der Waals surface area (Å²) in [5.41, 5.74) is 2.02. The summed E-state index contributed by atoms with van der Waals surface area (Å²) < 4.78 is 2.55. The normalized spacial score (nSPS) is 11.3. The lowest BCUT2D eigenvalue weighted by molar-refractivity contribution is -0.384. The van der Waals surface area contributed by atoms with Crippen LogP contribution < -0.4 is 16.7 Å². The quantitative estimate of drug-likeness (QED) is 0.305. The Hall–Kier alpha value is -3.80. The van der Waals surface area contributed by atoms with E-state index in [9.17, 15) is 24.8 Å². The maximum atomic E-state index is 12.1. The molecule has 0 radical (unpaired) electrons. The topological polar surface area (TPSA) is 160 Å². The largest absolute Gasteiger partial charge is 0.395 e. The van der Waals surface area contributed by atoms with Gasteiger partial charge in [0.25, 0.3) is 11.2 Å². The van der Waals surface area contributed by atoms with Crippen LogP contribution in [0.4, 0.5) is 11.6 Å². The van der Waals surface area contributed by atoms with Gasteiger partial charge in [-0.25, -0.2) is 10.2 Å². The lowest BCUT2D eigenvalue weighted by Gasteiger charge is -2.05. The second-order valence-electron chi connectivity index (χ2n) is 5.52. The Kier molecular flexibility index (Phi) is 4.81. The van der Waals surface area contributed by atoms with Gasteiger partial charge in [-0.15, -0.1) is 0 Å². The number of fused-ring (bicyclic) bond motifs is 1. The molecule has 3 rings (SSSR count). The van der Waals surface area contributed by atoms with Gasteiger partial charge in [0.15, 0.2) is 11.2 Å². The number of aliphatic hydroxyl groups is 1. The van der Waals surface area contributed by atoms with Gasteiger partial charge in [0.2, 0.25) is 5.95 Å². The number of anilines is 1. The number of nitrogens with zero attached hydrogens (tertiary/aromatic N) is 5. The van der Waals surface area contributed by atoms with Crippen molar-refractivity contribution in [1.29, 1.82) is 0 Å². The van der Waals surface area contributed by atoms with Gasteiger partial charge in [0.05, 0.1) is 17.7 Å². The van der Waals surface area contributed by atoms with E-state index in [1.165, 1.54) is 40.6 Å². The maximum absolute atomic E-state index is 12.1. The van der Waals surface area contributed by atoms with Gasteiger partial charge in [-0.3, -0.25) is 24.5 Å². The summed E-state index contributed by atoms with van der Waals surface area (Å²) in [5, 5.41) is 24.0. The zero-order valence-electron chi connectivity index (χ0n) is 14.1. The van der Waals surface area contributed by atoms with Crippen molar-refractivity contribution in [1.82, 2.24) is 19.1 Å². The third-order valence-corrected chi connectivity index (χ3v) is 3.79. The molecule has 0 aliphatic heterocycles. The number of hydrazone groups is 1. The highest BCUT2D eigenvalue weighted by atomic mass is 16.6. The number of hydrogen-bond acceptors (Lipinski definition) is 8. The molecule has 0 saturated carbocycles. The summed E-state index contributed by atoms with van der Waals surface area (Å²) >= 11 is 0. The molecule has 2 heterocycles. The van der Waals surface area contributed by atoms with Crippen LogP contribution in [0.1, 0.15) is 5.56 Å². The average Bonchev–Trinajstić information content (AvgIpc) is 2.99. The minimum absolute atomic E-state index is 0.0481. The van der Waals surface area contributed by atoms with E-state index in [4.69, 9.17) is 0 Å². The van der Waals surface area contributed by atoms with Crippen LogP contribution in [0.25, 0.3) is 11.2 Å². The van der Waals surface area contributed by atoms with Gasteiger partial charge in [-0.2, -0.15) is 10.1 Å². The maximum Gasteiger partial charge on any atom is 0.329 e. The lowest BCUT2D eigenvalue weighted by Crippen LogP contribution is -2.29. The molecule has 0 unspecified atom stereocenters. The van der Waals surface area contributed by atoms with Crippen LogP contribution in [0.2, 0.25) is 0 Å². The second-order valence-corrected chi connectivity index (χ2v) is 5.52. The molecular weight excluding hydrogens is 358 g/mol. The first-order valence-corrected chi connectivity index (χ1v) is 7.76. The number of H-pyrrole nitrogens is 1. The summed E-state index contributed by atoms with van der Waals surface area (Å²) in [5.74, 6) is 0.132. The third kappa shape index (κ3) is 3.46. The molecule has 1 aromatic carbocycles. The highest BCUT2D eigenvalue weighted by molar-refractivity contribution is 5.81. The highest BCUT2D eigenvalue weighted by Crippen LogP contribution is 2.15. The number of imidazole rings is 1. The minimum atomic E-state index is -0.634. The van der Waals surface area contributed by atoms with Crippen LogP contribution in [0.15, 0.2) is 39.0 Å². The Balaban J connectivity index is 1.98. The highest BCUT2D eigenvalue weighted by Gasteiger charge is 2.16. The Morgan fingerprint density at radius 3 is 2.93 bits per heavy atom. The van der Waals surface area contributed by atoms with E-state index in [1.54, 1.807) is 6.07 Å². The van der Waals surface area contributed by atoms with Crippen molar-refractivity contribution in [3.8, 4) is 0 Å². The van der Waals surface area contributed by atoms with Gasteiger partial charge >= 0.3 is 5.69 Å². The first kappa shape index (κ1) is 18.0. The number of aryl methyl sites for hydroxylation is 1. The monoisotopic (exact) mass is 373 g/mol. The van der Waals surface area contributed by atoms with Crippen LogP contribution in [0.3, 0.4) is 0 Å². The Morgan fingerprint density at radius 1 is 1.44 bits per heavy atom. The Bertz CT molecular complexity index is 1160. The zero-order chi connectivity index (χ0) is 19.6. The third-order valence-electron chi connectivity index (χ3n) is 3.79. The molecule has 0 amide bonds. The molecule has 3 aromatic rings. The average molecular weight is 373 g/mol. The summed E-state index contributed by atoms with van der Waals surface area (Å²) in [6.45, 7) is -0.219. The molecule has 0 saturated heterocycles. The van der Waals surface area contributed by atoms with Crippen LogP contribution in [0.5, 0.6) is 0 Å². The van der Waals surface area contributed by atoms with E-state index < -0.39 is 16.2 Å². The van der Waals surface area contributed by atoms with Crippen molar-refractivity contribution in [3.05, 3.63) is 60.8 Å². The molecule has 0 atom stereocenters. The van der Waals surface area contributed by atoms with E-state index >= 15 is 0 Å². The minimum Gasteiger partial charge on any atom is -0.395 e. The van der Waals surface area contributed by atoms with E-state index in [0.717, 1.165) is 0 Å². The molecule has 0 aliphatic rings. The second kappa shape index (κ2) is 7.21.